The van der Waals surface area contributed by atoms with E-state index < -0.39 is 0 Å². The van der Waals surface area contributed by atoms with E-state index in [9.17, 15) is 4.79 Å². The van der Waals surface area contributed by atoms with Crippen LogP contribution in [0.1, 0.15) is 53.4 Å². The summed E-state index contributed by atoms with van der Waals surface area (Å²) in [7, 11) is 4.29. The molecule has 0 spiro atoms. The molecule has 120 valence electrons. The van der Waals surface area contributed by atoms with Crippen LogP contribution in [0.15, 0.2) is 11.6 Å². The molecule has 0 aliphatic heterocycles. The van der Waals surface area contributed by atoms with E-state index in [1.165, 1.54) is 31.3 Å². The number of hydrogen-bond donors (Lipinski definition) is 1. The molecule has 2 saturated carbocycles. The van der Waals surface area contributed by atoms with E-state index >= 15 is 0 Å². The minimum absolute atomic E-state index is 0.113. The molecule has 1 N–H and O–H groups in total. The molecule has 0 aromatic carbocycles. The van der Waals surface area contributed by atoms with Gasteiger partial charge in [-0.2, -0.15) is 0 Å². The van der Waals surface area contributed by atoms with Gasteiger partial charge in [-0.15, -0.1) is 0 Å². The Morgan fingerprint density at radius 3 is 2.29 bits per heavy atom. The van der Waals surface area contributed by atoms with Crippen LogP contribution in [0.4, 0.5) is 0 Å². The maximum Gasteiger partial charge on any atom is 0.224 e. The monoisotopic (exact) mass is 292 g/mol. The lowest BCUT2D eigenvalue weighted by Crippen LogP contribution is -2.51. The van der Waals surface area contributed by atoms with Crippen molar-refractivity contribution in [3.05, 3.63) is 11.6 Å². The Kier molecular flexibility index (Phi) is 4.53. The van der Waals surface area contributed by atoms with Gasteiger partial charge in [-0.3, -0.25) is 4.79 Å². The van der Waals surface area contributed by atoms with Gasteiger partial charge in [0.25, 0.3) is 0 Å². The zero-order valence-electron chi connectivity index (χ0n) is 14.6. The molecule has 21 heavy (non-hydrogen) atoms. The van der Waals surface area contributed by atoms with Crippen molar-refractivity contribution in [2.75, 3.05) is 20.6 Å². The summed E-state index contributed by atoms with van der Waals surface area (Å²) in [6.45, 7) is 9.44. The van der Waals surface area contributed by atoms with Crippen LogP contribution >= 0.6 is 0 Å². The van der Waals surface area contributed by atoms with Gasteiger partial charge in [0.2, 0.25) is 5.91 Å². The summed E-state index contributed by atoms with van der Waals surface area (Å²) in [6.07, 6.45) is 7.23. The number of nitrogens with zero attached hydrogens (tertiary/aromatic N) is 1. The number of nitrogens with one attached hydrogen (secondary N) is 1. The van der Waals surface area contributed by atoms with Gasteiger partial charge in [0.1, 0.15) is 0 Å². The van der Waals surface area contributed by atoms with E-state index in [1.807, 2.05) is 0 Å². The number of amides is 1. The zero-order chi connectivity index (χ0) is 15.8. The van der Waals surface area contributed by atoms with Gasteiger partial charge in [0.15, 0.2) is 0 Å². The molecule has 2 aliphatic carbocycles. The highest BCUT2D eigenvalue weighted by atomic mass is 16.2. The summed E-state index contributed by atoms with van der Waals surface area (Å²) in [5.41, 5.74) is 1.60. The van der Waals surface area contributed by atoms with Crippen molar-refractivity contribution in [2.45, 2.75) is 58.9 Å². The fourth-order valence-electron chi connectivity index (χ4n) is 4.03. The molecular weight excluding hydrogens is 260 g/mol. The fraction of sp³-hybridized carbons (Fsp3) is 0.833. The van der Waals surface area contributed by atoms with Crippen molar-refractivity contribution in [1.82, 2.24) is 10.2 Å². The van der Waals surface area contributed by atoms with Crippen LogP contribution in [0.3, 0.4) is 0 Å². The highest BCUT2D eigenvalue weighted by molar-refractivity contribution is 5.83. The molecule has 0 aromatic heterocycles. The number of likely N-dealkylation sites (N-methyl/N-ethyl adjacent to an activating group) is 1. The van der Waals surface area contributed by atoms with E-state index in [0.29, 0.717) is 5.92 Å². The third-order valence-electron chi connectivity index (χ3n) is 5.78. The lowest BCUT2D eigenvalue weighted by molar-refractivity contribution is -0.123. The first-order valence-electron chi connectivity index (χ1n) is 8.31. The molecule has 0 radical (unpaired) electrons. The summed E-state index contributed by atoms with van der Waals surface area (Å²) in [6, 6.07) is 0. The minimum atomic E-state index is 0.113. The Balaban J connectivity index is 1.95. The third kappa shape index (κ3) is 3.18. The third-order valence-corrected chi connectivity index (χ3v) is 5.78. The van der Waals surface area contributed by atoms with Crippen LogP contribution in [-0.2, 0) is 4.79 Å². The van der Waals surface area contributed by atoms with Crippen molar-refractivity contribution in [3.8, 4) is 0 Å². The normalized spacial score (nSPS) is 29.3. The second-order valence-electron chi connectivity index (χ2n) is 8.11. The SMILES string of the molecule is CC(C)=C[C@H]1[C@@H](C(=O)NCC2(N(C)C)CCCC2)C1(C)C. The van der Waals surface area contributed by atoms with Crippen LogP contribution in [0.5, 0.6) is 0 Å². The van der Waals surface area contributed by atoms with Gasteiger partial charge < -0.3 is 10.2 Å². The van der Waals surface area contributed by atoms with Crippen LogP contribution in [0.25, 0.3) is 0 Å². The molecule has 1 amide bonds. The Labute approximate surface area is 130 Å². The lowest BCUT2D eigenvalue weighted by Gasteiger charge is -2.36. The quantitative estimate of drug-likeness (QED) is 0.789. The average Bonchev–Trinajstić information content (AvgIpc) is 2.79. The van der Waals surface area contributed by atoms with E-state index in [-0.39, 0.29) is 22.8 Å². The van der Waals surface area contributed by atoms with Gasteiger partial charge in [0, 0.05) is 12.1 Å². The second-order valence-corrected chi connectivity index (χ2v) is 8.11. The van der Waals surface area contributed by atoms with Gasteiger partial charge in [-0.25, -0.2) is 0 Å². The Morgan fingerprint density at radius 2 is 1.81 bits per heavy atom. The van der Waals surface area contributed by atoms with Crippen LogP contribution in [0, 0.1) is 17.3 Å². The number of carbonyl (C=O) groups excluding carboxylic acids is 1. The first-order chi connectivity index (χ1) is 9.70. The van der Waals surface area contributed by atoms with E-state index in [1.54, 1.807) is 0 Å². The first-order valence-corrected chi connectivity index (χ1v) is 8.31. The molecule has 0 unspecified atom stereocenters. The van der Waals surface area contributed by atoms with E-state index in [2.05, 4.69) is 58.1 Å². The maximum absolute atomic E-state index is 12.6. The standard InChI is InChI=1S/C18H32N2O/c1-13(2)11-14-15(17(14,3)4)16(21)19-12-18(20(5)6)9-7-8-10-18/h11,14-15H,7-10,12H2,1-6H3,(H,19,21)/t14-,15-/m0/s1. The number of carbonyl (C=O) groups is 1. The van der Waals surface area contributed by atoms with Crippen LogP contribution < -0.4 is 5.32 Å². The van der Waals surface area contributed by atoms with Crippen molar-refractivity contribution in [3.63, 3.8) is 0 Å². The summed E-state index contributed by atoms with van der Waals surface area (Å²) >= 11 is 0. The smallest absolute Gasteiger partial charge is 0.224 e. The van der Waals surface area contributed by atoms with Gasteiger partial charge in [-0.05, 0) is 52.1 Å². The predicted molar refractivity (Wildman–Crippen MR) is 88.1 cm³/mol. The van der Waals surface area contributed by atoms with Gasteiger partial charge >= 0.3 is 0 Å². The van der Waals surface area contributed by atoms with Crippen molar-refractivity contribution >= 4 is 5.91 Å². The van der Waals surface area contributed by atoms with Crippen molar-refractivity contribution < 1.29 is 4.79 Å². The Bertz CT molecular complexity index is 426. The summed E-state index contributed by atoms with van der Waals surface area (Å²) in [4.78, 5) is 14.9. The largest absolute Gasteiger partial charge is 0.354 e. The molecule has 0 aromatic rings. The lowest BCUT2D eigenvalue weighted by atomic mass is 9.96. The molecule has 2 fully saturated rings. The fourth-order valence-corrected chi connectivity index (χ4v) is 4.03. The number of allylic oxidation sites excluding steroid dienone is 2. The molecule has 2 atom stereocenters. The predicted octanol–water partition coefficient (Wildman–Crippen LogP) is 3.22. The molecule has 0 bridgehead atoms. The first kappa shape index (κ1) is 16.5. The Hall–Kier alpha value is -0.830. The average molecular weight is 292 g/mol. The molecule has 0 saturated heterocycles. The summed E-state index contributed by atoms with van der Waals surface area (Å²) in [5, 5.41) is 3.26. The number of hydrogen-bond acceptors (Lipinski definition) is 2. The molecule has 3 heteroatoms. The van der Waals surface area contributed by atoms with Crippen LogP contribution in [0.2, 0.25) is 0 Å². The van der Waals surface area contributed by atoms with Gasteiger partial charge in [0.05, 0.1) is 5.92 Å². The molecule has 0 heterocycles. The van der Waals surface area contributed by atoms with Crippen molar-refractivity contribution in [2.24, 2.45) is 17.3 Å². The molecule has 2 rings (SSSR count). The van der Waals surface area contributed by atoms with E-state index in [0.717, 1.165) is 6.54 Å². The van der Waals surface area contributed by atoms with Crippen LogP contribution in [-0.4, -0.2) is 37.0 Å². The second kappa shape index (κ2) is 5.75. The van der Waals surface area contributed by atoms with E-state index in [4.69, 9.17) is 0 Å². The minimum Gasteiger partial charge on any atom is -0.354 e. The van der Waals surface area contributed by atoms with Gasteiger partial charge in [-0.1, -0.05) is 38.3 Å². The molecule has 2 aliphatic rings. The van der Waals surface area contributed by atoms with Crippen molar-refractivity contribution in [1.29, 1.82) is 0 Å². The number of rotatable bonds is 5. The topological polar surface area (TPSA) is 32.3 Å². The summed E-state index contributed by atoms with van der Waals surface area (Å²) in [5.74, 6) is 0.796. The molecule has 3 nitrogen and oxygen atoms in total. The highest BCUT2D eigenvalue weighted by Crippen LogP contribution is 2.59. The summed E-state index contributed by atoms with van der Waals surface area (Å²) < 4.78 is 0. The molecular formula is C18H32N2O. The zero-order valence-corrected chi connectivity index (χ0v) is 14.6. The highest BCUT2D eigenvalue weighted by Gasteiger charge is 2.60. The Morgan fingerprint density at radius 1 is 1.24 bits per heavy atom. The maximum atomic E-state index is 12.6.